The van der Waals surface area contributed by atoms with Gasteiger partial charge in [-0.25, -0.2) is 0 Å². The summed E-state index contributed by atoms with van der Waals surface area (Å²) in [6.45, 7) is 4.89. The number of carboxylic acids is 2. The lowest BCUT2D eigenvalue weighted by Crippen LogP contribution is -2.39. The fourth-order valence-corrected chi connectivity index (χ4v) is 0.491. The molecule has 0 aliphatic heterocycles. The van der Waals surface area contributed by atoms with E-state index in [1.165, 1.54) is 6.92 Å². The van der Waals surface area contributed by atoms with Crippen LogP contribution in [0.1, 0.15) is 20.8 Å². The molecule has 7 N–H and O–H groups in total. The molecule has 0 rings (SSSR count). The van der Waals surface area contributed by atoms with Crippen LogP contribution in [-0.4, -0.2) is 45.4 Å². The smallest absolute Gasteiger partial charge is 0.323 e. The zero-order valence-electron chi connectivity index (χ0n) is 9.62. The van der Waals surface area contributed by atoms with E-state index in [0.717, 1.165) is 0 Å². The number of aliphatic carboxylic acids is 2. The molecule has 0 heterocycles. The molecular weight excluding hydrogens is 216 g/mol. The van der Waals surface area contributed by atoms with E-state index in [2.05, 4.69) is 0 Å². The molecule has 3 atom stereocenters. The van der Waals surface area contributed by atoms with E-state index in [1.807, 2.05) is 0 Å². The van der Waals surface area contributed by atoms with Gasteiger partial charge in [0, 0.05) is 0 Å². The normalized spacial score (nSPS) is 15.7. The fraction of sp³-hybridized carbons (Fsp3) is 0.778. The number of hydrogen-bond acceptors (Lipinski definition) is 5. The van der Waals surface area contributed by atoms with Crippen LogP contribution in [0, 0.1) is 5.92 Å². The second-order valence-corrected chi connectivity index (χ2v) is 3.71. The summed E-state index contributed by atoms with van der Waals surface area (Å²) < 4.78 is 0. The van der Waals surface area contributed by atoms with Crippen LogP contribution in [0.5, 0.6) is 0 Å². The minimum atomic E-state index is -1.18. The van der Waals surface area contributed by atoms with Crippen molar-refractivity contribution in [3.05, 3.63) is 0 Å². The molecule has 0 fully saturated rings. The Kier molecular flexibility index (Phi) is 8.64. The Bertz CT molecular complexity index is 206. The summed E-state index contributed by atoms with van der Waals surface area (Å²) in [5.41, 5.74) is 10.1. The number of hydrogen-bond donors (Lipinski definition) is 5. The molecule has 16 heavy (non-hydrogen) atoms. The number of nitrogens with two attached hydrogens (primary N) is 2. The summed E-state index contributed by atoms with van der Waals surface area (Å²) in [4.78, 5) is 19.9. The van der Waals surface area contributed by atoms with E-state index in [4.69, 9.17) is 26.8 Å². The molecule has 0 aromatic heterocycles. The van der Waals surface area contributed by atoms with E-state index in [9.17, 15) is 9.59 Å². The highest BCUT2D eigenvalue weighted by atomic mass is 16.4. The number of aliphatic hydroxyl groups is 1. The molecule has 0 bridgehead atoms. The Morgan fingerprint density at radius 3 is 1.25 bits per heavy atom. The van der Waals surface area contributed by atoms with Gasteiger partial charge < -0.3 is 26.8 Å². The SMILES string of the molecule is CC(C)C(N)C(=O)O.CC(O)C(N)C(=O)O. The first-order valence-corrected chi connectivity index (χ1v) is 4.76. The Morgan fingerprint density at radius 2 is 1.25 bits per heavy atom. The first kappa shape index (κ1) is 17.2. The number of aliphatic hydroxyl groups excluding tert-OH is 1. The predicted molar refractivity (Wildman–Crippen MR) is 57.7 cm³/mol. The highest BCUT2D eigenvalue weighted by Crippen LogP contribution is 1.96. The van der Waals surface area contributed by atoms with Crippen molar-refractivity contribution in [1.29, 1.82) is 0 Å². The van der Waals surface area contributed by atoms with Crippen LogP contribution in [0.3, 0.4) is 0 Å². The molecule has 3 unspecified atom stereocenters. The van der Waals surface area contributed by atoms with Gasteiger partial charge in [-0.3, -0.25) is 9.59 Å². The Balaban J connectivity index is 0. The highest BCUT2D eigenvalue weighted by Gasteiger charge is 2.16. The van der Waals surface area contributed by atoms with Crippen molar-refractivity contribution < 1.29 is 24.9 Å². The van der Waals surface area contributed by atoms with Crippen molar-refractivity contribution in [1.82, 2.24) is 0 Å². The molecule has 96 valence electrons. The van der Waals surface area contributed by atoms with Crippen LogP contribution in [0.2, 0.25) is 0 Å². The van der Waals surface area contributed by atoms with Gasteiger partial charge >= 0.3 is 11.9 Å². The molecule has 7 heteroatoms. The lowest BCUT2D eigenvalue weighted by atomic mass is 10.1. The van der Waals surface area contributed by atoms with E-state index >= 15 is 0 Å². The predicted octanol–water partition coefficient (Wildman–Crippen LogP) is -1.17. The third kappa shape index (κ3) is 8.16. The molecule has 7 nitrogen and oxygen atoms in total. The van der Waals surface area contributed by atoms with Crippen LogP contribution in [-0.2, 0) is 9.59 Å². The van der Waals surface area contributed by atoms with Crippen molar-refractivity contribution in [2.24, 2.45) is 17.4 Å². The summed E-state index contributed by atoms with van der Waals surface area (Å²) in [5.74, 6) is -2.09. The number of carboxylic acid groups (broad SMARTS) is 2. The largest absolute Gasteiger partial charge is 0.480 e. The summed E-state index contributed by atoms with van der Waals surface area (Å²) in [7, 11) is 0. The van der Waals surface area contributed by atoms with Crippen molar-refractivity contribution in [3.8, 4) is 0 Å². The van der Waals surface area contributed by atoms with Gasteiger partial charge in [0.1, 0.15) is 12.1 Å². The van der Waals surface area contributed by atoms with Gasteiger partial charge in [0.05, 0.1) is 6.10 Å². The molecular formula is C9H20N2O5. The van der Waals surface area contributed by atoms with Gasteiger partial charge in [0.25, 0.3) is 0 Å². The molecule has 0 aromatic carbocycles. The zero-order chi connectivity index (χ0) is 13.5. The van der Waals surface area contributed by atoms with Crippen LogP contribution >= 0.6 is 0 Å². The van der Waals surface area contributed by atoms with E-state index in [-0.39, 0.29) is 5.92 Å². The lowest BCUT2D eigenvalue weighted by Gasteiger charge is -2.07. The first-order chi connectivity index (χ1) is 7.11. The third-order valence-electron chi connectivity index (χ3n) is 1.81. The van der Waals surface area contributed by atoms with Crippen molar-refractivity contribution in [2.45, 2.75) is 39.0 Å². The van der Waals surface area contributed by atoms with Crippen LogP contribution in [0.4, 0.5) is 0 Å². The summed E-state index contributed by atoms with van der Waals surface area (Å²) in [6.07, 6.45) is -0.979. The summed E-state index contributed by atoms with van der Waals surface area (Å²) >= 11 is 0. The maximum atomic E-state index is 10.0. The van der Waals surface area contributed by atoms with Crippen LogP contribution in [0.25, 0.3) is 0 Å². The average molecular weight is 236 g/mol. The van der Waals surface area contributed by atoms with Crippen molar-refractivity contribution in [3.63, 3.8) is 0 Å². The van der Waals surface area contributed by atoms with Gasteiger partial charge in [-0.1, -0.05) is 13.8 Å². The summed E-state index contributed by atoms with van der Waals surface area (Å²) in [6, 6.07) is -1.87. The maximum absolute atomic E-state index is 10.0. The fourth-order valence-electron chi connectivity index (χ4n) is 0.491. The molecule has 0 radical (unpaired) electrons. The van der Waals surface area contributed by atoms with Crippen molar-refractivity contribution in [2.75, 3.05) is 0 Å². The maximum Gasteiger partial charge on any atom is 0.323 e. The van der Waals surface area contributed by atoms with E-state index in [1.54, 1.807) is 13.8 Å². The monoisotopic (exact) mass is 236 g/mol. The molecule has 0 spiro atoms. The molecule has 0 aliphatic rings. The molecule has 0 amide bonds. The molecule has 0 saturated heterocycles. The first-order valence-electron chi connectivity index (χ1n) is 4.76. The second kappa shape index (κ2) is 8.03. The summed E-state index contributed by atoms with van der Waals surface area (Å²) in [5, 5.41) is 24.8. The highest BCUT2D eigenvalue weighted by molar-refractivity contribution is 5.73. The standard InChI is InChI=1S/C5H11NO2.C4H9NO3/c1-3(2)4(6)5(7)8;1-2(6)3(5)4(7)8/h3-4H,6H2,1-2H3,(H,7,8);2-3,6H,5H2,1H3,(H,7,8). The van der Waals surface area contributed by atoms with Crippen LogP contribution < -0.4 is 11.5 Å². The molecule has 0 aliphatic carbocycles. The Labute approximate surface area is 94.1 Å². The topological polar surface area (TPSA) is 147 Å². The van der Waals surface area contributed by atoms with Crippen molar-refractivity contribution >= 4 is 11.9 Å². The average Bonchev–Trinajstić information content (AvgIpc) is 2.15. The Morgan fingerprint density at radius 1 is 0.938 bits per heavy atom. The zero-order valence-corrected chi connectivity index (χ0v) is 9.62. The van der Waals surface area contributed by atoms with Gasteiger partial charge in [0.2, 0.25) is 0 Å². The van der Waals surface area contributed by atoms with Gasteiger partial charge in [-0.2, -0.15) is 0 Å². The third-order valence-corrected chi connectivity index (χ3v) is 1.81. The number of carbonyl (C=O) groups is 2. The minimum absolute atomic E-state index is 0.0208. The van der Waals surface area contributed by atoms with E-state index < -0.39 is 30.1 Å². The number of rotatable bonds is 4. The molecule has 0 saturated carbocycles. The lowest BCUT2D eigenvalue weighted by molar-refractivity contribution is -0.141. The second-order valence-electron chi connectivity index (χ2n) is 3.71. The Hall–Kier alpha value is -1.18. The minimum Gasteiger partial charge on any atom is -0.480 e. The van der Waals surface area contributed by atoms with Gasteiger partial charge in [-0.15, -0.1) is 0 Å². The molecule has 0 aromatic rings. The quantitative estimate of drug-likeness (QED) is 0.413. The van der Waals surface area contributed by atoms with E-state index in [0.29, 0.717) is 0 Å². The van der Waals surface area contributed by atoms with Gasteiger partial charge in [-0.05, 0) is 12.8 Å². The van der Waals surface area contributed by atoms with Crippen LogP contribution in [0.15, 0.2) is 0 Å². The van der Waals surface area contributed by atoms with Gasteiger partial charge in [0.15, 0.2) is 0 Å².